The van der Waals surface area contributed by atoms with Gasteiger partial charge in [-0.15, -0.1) is 0 Å². The average molecular weight is 405 g/mol. The lowest BCUT2D eigenvalue weighted by Gasteiger charge is -2.32. The monoisotopic (exact) mass is 404 g/mol. The minimum Gasteiger partial charge on any atom is -0.339 e. The van der Waals surface area contributed by atoms with E-state index in [0.29, 0.717) is 35.8 Å². The van der Waals surface area contributed by atoms with Gasteiger partial charge in [0.2, 0.25) is 0 Å². The summed E-state index contributed by atoms with van der Waals surface area (Å²) >= 11 is 0. The molecule has 156 valence electrons. The fourth-order valence-electron chi connectivity index (χ4n) is 3.78. The molecule has 0 spiro atoms. The van der Waals surface area contributed by atoms with Gasteiger partial charge in [-0.05, 0) is 74.9 Å². The molecule has 0 saturated carbocycles. The minimum absolute atomic E-state index is 0.00121. The molecule has 0 aliphatic carbocycles. The standard InChI is InChI=1S/C24H28N4O2/c1-16(2)26-24(30)27-21-9-4-17(3)22(14-21)23(29)28-12-10-20(11-13-28)19-7-5-18(15-25)6-8-19/h4-9,14,16,20H,10-13H2,1-3H3,(H2,26,27,30). The summed E-state index contributed by atoms with van der Waals surface area (Å²) in [6, 6.07) is 15.1. The highest BCUT2D eigenvalue weighted by molar-refractivity contribution is 5.98. The lowest BCUT2D eigenvalue weighted by molar-refractivity contribution is 0.0712. The zero-order chi connectivity index (χ0) is 21.7. The normalized spacial score (nSPS) is 14.3. The van der Waals surface area contributed by atoms with Crippen LogP contribution in [-0.4, -0.2) is 36.0 Å². The number of likely N-dealkylation sites (tertiary alicyclic amines) is 1. The molecular formula is C24H28N4O2. The second-order valence-corrected chi connectivity index (χ2v) is 8.08. The van der Waals surface area contributed by atoms with E-state index in [9.17, 15) is 9.59 Å². The Kier molecular flexibility index (Phi) is 6.73. The molecule has 1 aliphatic heterocycles. The van der Waals surface area contributed by atoms with Crippen LogP contribution in [0.2, 0.25) is 0 Å². The fraction of sp³-hybridized carbons (Fsp3) is 0.375. The first kappa shape index (κ1) is 21.4. The van der Waals surface area contributed by atoms with Crippen molar-refractivity contribution in [3.05, 3.63) is 64.7 Å². The number of anilines is 1. The lowest BCUT2D eigenvalue weighted by atomic mass is 9.88. The Balaban J connectivity index is 1.64. The summed E-state index contributed by atoms with van der Waals surface area (Å²) in [7, 11) is 0. The highest BCUT2D eigenvalue weighted by Gasteiger charge is 2.25. The Bertz CT molecular complexity index is 952. The van der Waals surface area contributed by atoms with E-state index in [-0.39, 0.29) is 18.0 Å². The quantitative estimate of drug-likeness (QED) is 0.791. The van der Waals surface area contributed by atoms with Crippen molar-refractivity contribution in [2.75, 3.05) is 18.4 Å². The van der Waals surface area contributed by atoms with Crippen LogP contribution < -0.4 is 10.6 Å². The summed E-state index contributed by atoms with van der Waals surface area (Å²) in [4.78, 5) is 27.0. The Hall–Kier alpha value is -3.33. The number of rotatable bonds is 4. The van der Waals surface area contributed by atoms with E-state index in [1.807, 2.05) is 62.1 Å². The molecular weight excluding hydrogens is 376 g/mol. The maximum absolute atomic E-state index is 13.1. The van der Waals surface area contributed by atoms with Gasteiger partial charge in [0.1, 0.15) is 0 Å². The van der Waals surface area contributed by atoms with Crippen LogP contribution in [0.15, 0.2) is 42.5 Å². The van der Waals surface area contributed by atoms with Crippen molar-refractivity contribution >= 4 is 17.6 Å². The number of amides is 3. The van der Waals surface area contributed by atoms with E-state index in [2.05, 4.69) is 16.7 Å². The van der Waals surface area contributed by atoms with Crippen molar-refractivity contribution in [1.29, 1.82) is 5.26 Å². The highest BCUT2D eigenvalue weighted by atomic mass is 16.2. The third kappa shape index (κ3) is 5.18. The van der Waals surface area contributed by atoms with E-state index >= 15 is 0 Å². The largest absolute Gasteiger partial charge is 0.339 e. The fourth-order valence-corrected chi connectivity index (χ4v) is 3.78. The third-order valence-corrected chi connectivity index (χ3v) is 5.44. The second kappa shape index (κ2) is 9.45. The molecule has 2 aromatic carbocycles. The Morgan fingerprint density at radius 3 is 2.37 bits per heavy atom. The number of benzene rings is 2. The maximum atomic E-state index is 13.1. The predicted molar refractivity (Wildman–Crippen MR) is 118 cm³/mol. The molecule has 3 rings (SSSR count). The van der Waals surface area contributed by atoms with Gasteiger partial charge >= 0.3 is 6.03 Å². The van der Waals surface area contributed by atoms with Crippen molar-refractivity contribution < 1.29 is 9.59 Å². The number of nitrogens with zero attached hydrogens (tertiary/aromatic N) is 2. The number of piperidine rings is 1. The third-order valence-electron chi connectivity index (χ3n) is 5.44. The van der Waals surface area contributed by atoms with Gasteiger partial charge in [-0.2, -0.15) is 5.26 Å². The van der Waals surface area contributed by atoms with Crippen LogP contribution in [0.5, 0.6) is 0 Å². The lowest BCUT2D eigenvalue weighted by Crippen LogP contribution is -2.38. The van der Waals surface area contributed by atoms with Crippen LogP contribution in [0, 0.1) is 18.3 Å². The van der Waals surface area contributed by atoms with E-state index in [4.69, 9.17) is 5.26 Å². The van der Waals surface area contributed by atoms with E-state index in [0.717, 1.165) is 18.4 Å². The Morgan fingerprint density at radius 1 is 1.10 bits per heavy atom. The first-order chi connectivity index (χ1) is 14.4. The number of carbonyl (C=O) groups is 2. The molecule has 3 amide bonds. The average Bonchev–Trinajstić information content (AvgIpc) is 2.74. The molecule has 1 saturated heterocycles. The zero-order valence-electron chi connectivity index (χ0n) is 17.7. The molecule has 6 heteroatoms. The molecule has 2 N–H and O–H groups in total. The molecule has 0 unspecified atom stereocenters. The van der Waals surface area contributed by atoms with Crippen LogP contribution in [-0.2, 0) is 0 Å². The molecule has 0 atom stereocenters. The summed E-state index contributed by atoms with van der Waals surface area (Å²) in [5, 5.41) is 14.5. The van der Waals surface area contributed by atoms with Crippen LogP contribution in [0.25, 0.3) is 0 Å². The summed E-state index contributed by atoms with van der Waals surface area (Å²) < 4.78 is 0. The van der Waals surface area contributed by atoms with Gasteiger partial charge in [0.05, 0.1) is 11.6 Å². The number of nitriles is 1. The summed E-state index contributed by atoms with van der Waals surface area (Å²) in [6.07, 6.45) is 1.79. The molecule has 1 aliphatic rings. The second-order valence-electron chi connectivity index (χ2n) is 8.08. The van der Waals surface area contributed by atoms with E-state index in [1.54, 1.807) is 6.07 Å². The number of hydrogen-bond donors (Lipinski definition) is 2. The maximum Gasteiger partial charge on any atom is 0.319 e. The van der Waals surface area contributed by atoms with Gasteiger partial charge in [0, 0.05) is 30.4 Å². The summed E-state index contributed by atoms with van der Waals surface area (Å²) in [5.41, 5.74) is 4.00. The van der Waals surface area contributed by atoms with Gasteiger partial charge < -0.3 is 15.5 Å². The molecule has 30 heavy (non-hydrogen) atoms. The van der Waals surface area contributed by atoms with Crippen LogP contribution in [0.4, 0.5) is 10.5 Å². The number of hydrogen-bond acceptors (Lipinski definition) is 3. The van der Waals surface area contributed by atoms with Gasteiger partial charge in [0.25, 0.3) is 5.91 Å². The molecule has 0 aromatic heterocycles. The molecule has 6 nitrogen and oxygen atoms in total. The van der Waals surface area contributed by atoms with Crippen molar-refractivity contribution in [1.82, 2.24) is 10.2 Å². The molecule has 1 heterocycles. The minimum atomic E-state index is -0.282. The van der Waals surface area contributed by atoms with Crippen LogP contribution in [0.1, 0.15) is 59.7 Å². The molecule has 1 fully saturated rings. The summed E-state index contributed by atoms with van der Waals surface area (Å²) in [5.74, 6) is 0.398. The van der Waals surface area contributed by atoms with E-state index in [1.165, 1.54) is 5.56 Å². The first-order valence-electron chi connectivity index (χ1n) is 10.3. The van der Waals surface area contributed by atoms with Crippen molar-refractivity contribution in [2.24, 2.45) is 0 Å². The van der Waals surface area contributed by atoms with Gasteiger partial charge in [-0.3, -0.25) is 4.79 Å². The highest BCUT2D eigenvalue weighted by Crippen LogP contribution is 2.29. The SMILES string of the molecule is Cc1ccc(NC(=O)NC(C)C)cc1C(=O)N1CCC(c2ccc(C#N)cc2)CC1. The Labute approximate surface area is 177 Å². The van der Waals surface area contributed by atoms with Crippen molar-refractivity contribution in [3.63, 3.8) is 0 Å². The zero-order valence-corrected chi connectivity index (χ0v) is 17.7. The van der Waals surface area contributed by atoms with Crippen LogP contribution >= 0.6 is 0 Å². The smallest absolute Gasteiger partial charge is 0.319 e. The van der Waals surface area contributed by atoms with Crippen molar-refractivity contribution in [3.8, 4) is 6.07 Å². The van der Waals surface area contributed by atoms with Gasteiger partial charge in [-0.25, -0.2) is 4.79 Å². The first-order valence-corrected chi connectivity index (χ1v) is 10.3. The van der Waals surface area contributed by atoms with Gasteiger partial charge in [-0.1, -0.05) is 18.2 Å². The number of aryl methyl sites for hydroxylation is 1. The summed E-state index contributed by atoms with van der Waals surface area (Å²) in [6.45, 7) is 7.08. The molecule has 0 bridgehead atoms. The van der Waals surface area contributed by atoms with Crippen molar-refractivity contribution in [2.45, 2.75) is 45.6 Å². The number of carbonyl (C=O) groups excluding carboxylic acids is 2. The topological polar surface area (TPSA) is 85.2 Å². The number of nitrogens with one attached hydrogen (secondary N) is 2. The molecule has 0 radical (unpaired) electrons. The van der Waals surface area contributed by atoms with Gasteiger partial charge in [0.15, 0.2) is 0 Å². The molecule has 2 aromatic rings. The van der Waals surface area contributed by atoms with Crippen LogP contribution in [0.3, 0.4) is 0 Å². The number of urea groups is 1. The van der Waals surface area contributed by atoms with E-state index < -0.39 is 0 Å². The predicted octanol–water partition coefficient (Wildman–Crippen LogP) is 4.42. The Morgan fingerprint density at radius 2 is 1.77 bits per heavy atom.